The van der Waals surface area contributed by atoms with Gasteiger partial charge in [-0.2, -0.15) is 0 Å². The van der Waals surface area contributed by atoms with Gasteiger partial charge in [0.2, 0.25) is 0 Å². The van der Waals surface area contributed by atoms with E-state index in [1.807, 2.05) is 53.4 Å². The van der Waals surface area contributed by atoms with Crippen LogP contribution < -0.4 is 4.74 Å². The van der Waals surface area contributed by atoms with Crippen molar-refractivity contribution in [1.29, 1.82) is 0 Å². The van der Waals surface area contributed by atoms with Gasteiger partial charge in [0.25, 0.3) is 0 Å². The van der Waals surface area contributed by atoms with E-state index in [0.29, 0.717) is 19.7 Å². The standard InChI is InChI=1S/C28H31N3O3/c32-27-31(20-23-8-2-1-3-9-23)22-28(34-27)13-7-16-30(17-14-28)19-24-10-6-12-26(18-24)33-21-25-11-4-5-15-29-25/h1-6,8-12,15,18H,7,13-14,16-17,19-22H2. The van der Waals surface area contributed by atoms with E-state index in [4.69, 9.17) is 9.47 Å². The van der Waals surface area contributed by atoms with Crippen molar-refractivity contribution in [2.45, 2.75) is 44.6 Å². The lowest BCUT2D eigenvalue weighted by atomic mass is 9.95. The van der Waals surface area contributed by atoms with E-state index in [-0.39, 0.29) is 11.7 Å². The molecular weight excluding hydrogens is 426 g/mol. The molecule has 6 heteroatoms. The highest BCUT2D eigenvalue weighted by atomic mass is 16.6. The highest BCUT2D eigenvalue weighted by molar-refractivity contribution is 5.70. The van der Waals surface area contributed by atoms with Crippen LogP contribution in [0.1, 0.15) is 36.1 Å². The molecule has 0 radical (unpaired) electrons. The number of pyridine rings is 1. The third kappa shape index (κ3) is 5.57. The molecule has 2 aliphatic rings. The van der Waals surface area contributed by atoms with E-state index in [0.717, 1.165) is 55.9 Å². The number of rotatable bonds is 7. The van der Waals surface area contributed by atoms with Gasteiger partial charge in [0.15, 0.2) is 0 Å². The van der Waals surface area contributed by atoms with E-state index in [1.54, 1.807) is 6.20 Å². The molecule has 6 nitrogen and oxygen atoms in total. The van der Waals surface area contributed by atoms with Crippen LogP contribution in [-0.4, -0.2) is 46.1 Å². The molecule has 0 N–H and O–H groups in total. The normalized spacial score (nSPS) is 20.8. The molecule has 1 atom stereocenters. The van der Waals surface area contributed by atoms with E-state index in [1.165, 1.54) is 5.56 Å². The summed E-state index contributed by atoms with van der Waals surface area (Å²) in [5.41, 5.74) is 2.91. The number of hydrogen-bond acceptors (Lipinski definition) is 5. The Morgan fingerprint density at radius 1 is 0.912 bits per heavy atom. The highest BCUT2D eigenvalue weighted by Crippen LogP contribution is 2.34. The number of amides is 1. The highest BCUT2D eigenvalue weighted by Gasteiger charge is 2.45. The minimum absolute atomic E-state index is 0.185. The summed E-state index contributed by atoms with van der Waals surface area (Å²) in [5, 5.41) is 0. The second-order valence-electron chi connectivity index (χ2n) is 9.28. The first kappa shape index (κ1) is 22.4. The van der Waals surface area contributed by atoms with Gasteiger partial charge in [0.1, 0.15) is 18.0 Å². The molecule has 1 amide bonds. The van der Waals surface area contributed by atoms with Gasteiger partial charge in [-0.1, -0.05) is 48.5 Å². The first-order chi connectivity index (χ1) is 16.7. The molecule has 2 fully saturated rings. The van der Waals surface area contributed by atoms with Gasteiger partial charge >= 0.3 is 6.09 Å². The smallest absolute Gasteiger partial charge is 0.410 e. The minimum Gasteiger partial charge on any atom is -0.487 e. The lowest BCUT2D eigenvalue weighted by Crippen LogP contribution is -2.35. The zero-order valence-corrected chi connectivity index (χ0v) is 19.4. The van der Waals surface area contributed by atoms with E-state index in [9.17, 15) is 4.79 Å². The maximum absolute atomic E-state index is 12.6. The number of hydrogen-bond donors (Lipinski definition) is 0. The molecule has 5 rings (SSSR count). The summed E-state index contributed by atoms with van der Waals surface area (Å²) >= 11 is 0. The third-order valence-electron chi connectivity index (χ3n) is 6.67. The number of benzene rings is 2. The van der Waals surface area contributed by atoms with Gasteiger partial charge in [-0.3, -0.25) is 14.8 Å². The summed E-state index contributed by atoms with van der Waals surface area (Å²) in [7, 11) is 0. The van der Waals surface area contributed by atoms with Crippen LogP contribution in [0.15, 0.2) is 79.0 Å². The van der Waals surface area contributed by atoms with Gasteiger partial charge in [-0.25, -0.2) is 4.79 Å². The third-order valence-corrected chi connectivity index (χ3v) is 6.67. The maximum Gasteiger partial charge on any atom is 0.410 e. The zero-order chi connectivity index (χ0) is 23.2. The monoisotopic (exact) mass is 457 g/mol. The van der Waals surface area contributed by atoms with Gasteiger partial charge in [-0.05, 0) is 54.8 Å². The summed E-state index contributed by atoms with van der Waals surface area (Å²) in [5.74, 6) is 0.857. The van der Waals surface area contributed by atoms with E-state index in [2.05, 4.69) is 34.1 Å². The zero-order valence-electron chi connectivity index (χ0n) is 19.4. The average Bonchev–Trinajstić information content (AvgIpc) is 3.04. The summed E-state index contributed by atoms with van der Waals surface area (Å²) < 4.78 is 11.9. The Morgan fingerprint density at radius 3 is 2.62 bits per heavy atom. The summed E-state index contributed by atoms with van der Waals surface area (Å²) in [4.78, 5) is 21.2. The fourth-order valence-corrected chi connectivity index (χ4v) is 4.89. The van der Waals surface area contributed by atoms with Crippen molar-refractivity contribution in [2.24, 2.45) is 0 Å². The van der Waals surface area contributed by atoms with Crippen molar-refractivity contribution in [3.8, 4) is 5.75 Å². The molecule has 1 aromatic heterocycles. The molecule has 176 valence electrons. The first-order valence-electron chi connectivity index (χ1n) is 12.0. The predicted molar refractivity (Wildman–Crippen MR) is 130 cm³/mol. The fourth-order valence-electron chi connectivity index (χ4n) is 4.89. The van der Waals surface area contributed by atoms with E-state index < -0.39 is 0 Å². The molecule has 1 unspecified atom stereocenters. The van der Waals surface area contributed by atoms with Crippen LogP contribution in [0, 0.1) is 0 Å². The predicted octanol–water partition coefficient (Wildman–Crippen LogP) is 5.04. The molecular formula is C28H31N3O3. The second kappa shape index (κ2) is 10.3. The molecule has 2 saturated heterocycles. The SMILES string of the molecule is O=C1OC2(CCCN(Cc3cccc(OCc4ccccn4)c3)CC2)CN1Cc1ccccc1. The Kier molecular flexibility index (Phi) is 6.77. The second-order valence-corrected chi connectivity index (χ2v) is 9.28. The van der Waals surface area contributed by atoms with Gasteiger partial charge in [-0.15, -0.1) is 0 Å². The Hall–Kier alpha value is -3.38. The van der Waals surface area contributed by atoms with Crippen LogP contribution >= 0.6 is 0 Å². The van der Waals surface area contributed by atoms with E-state index >= 15 is 0 Å². The molecule has 34 heavy (non-hydrogen) atoms. The lowest BCUT2D eigenvalue weighted by molar-refractivity contribution is 0.0443. The number of ether oxygens (including phenoxy) is 2. The van der Waals surface area contributed by atoms with Crippen LogP contribution in [0.5, 0.6) is 5.75 Å². The van der Waals surface area contributed by atoms with Crippen LogP contribution in [0.3, 0.4) is 0 Å². The Bertz CT molecular complexity index is 1090. The number of carbonyl (C=O) groups is 1. The molecule has 3 aromatic rings. The quantitative estimate of drug-likeness (QED) is 0.498. The molecule has 2 aromatic carbocycles. The molecule has 1 spiro atoms. The summed E-state index contributed by atoms with van der Waals surface area (Å²) in [6.07, 6.45) is 4.38. The average molecular weight is 458 g/mol. The van der Waals surface area contributed by atoms with Crippen molar-refractivity contribution in [3.63, 3.8) is 0 Å². The Balaban J connectivity index is 1.16. The van der Waals surface area contributed by atoms with Crippen molar-refractivity contribution in [1.82, 2.24) is 14.8 Å². The topological polar surface area (TPSA) is 54.9 Å². The van der Waals surface area contributed by atoms with Crippen molar-refractivity contribution in [2.75, 3.05) is 19.6 Å². The number of carbonyl (C=O) groups excluding carboxylic acids is 1. The van der Waals surface area contributed by atoms with Gasteiger partial charge in [0, 0.05) is 32.3 Å². The van der Waals surface area contributed by atoms with Gasteiger partial charge < -0.3 is 9.47 Å². The van der Waals surface area contributed by atoms with Crippen molar-refractivity contribution < 1.29 is 14.3 Å². The van der Waals surface area contributed by atoms with Crippen LogP contribution in [0.2, 0.25) is 0 Å². The Morgan fingerprint density at radius 2 is 1.76 bits per heavy atom. The number of nitrogens with zero attached hydrogens (tertiary/aromatic N) is 3. The molecule has 0 bridgehead atoms. The maximum atomic E-state index is 12.6. The minimum atomic E-state index is -0.367. The molecule has 2 aliphatic heterocycles. The molecule has 0 saturated carbocycles. The van der Waals surface area contributed by atoms with Crippen LogP contribution in [0.25, 0.3) is 0 Å². The summed E-state index contributed by atoms with van der Waals surface area (Å²) in [6.45, 7) is 4.50. The fraction of sp³-hybridized carbons (Fsp3) is 0.357. The Labute approximate surface area is 201 Å². The first-order valence-corrected chi connectivity index (χ1v) is 12.0. The lowest BCUT2D eigenvalue weighted by Gasteiger charge is -2.25. The van der Waals surface area contributed by atoms with Crippen LogP contribution in [-0.2, 0) is 24.4 Å². The molecule has 0 aliphatic carbocycles. The van der Waals surface area contributed by atoms with Crippen molar-refractivity contribution in [3.05, 3.63) is 95.8 Å². The van der Waals surface area contributed by atoms with Gasteiger partial charge in [0.05, 0.1) is 12.2 Å². The largest absolute Gasteiger partial charge is 0.487 e. The number of aromatic nitrogens is 1. The summed E-state index contributed by atoms with van der Waals surface area (Å²) in [6, 6.07) is 24.3. The van der Waals surface area contributed by atoms with Crippen molar-refractivity contribution >= 4 is 6.09 Å². The molecule has 3 heterocycles. The number of likely N-dealkylation sites (tertiary alicyclic amines) is 1. The van der Waals surface area contributed by atoms with Crippen LogP contribution in [0.4, 0.5) is 4.79 Å².